The third kappa shape index (κ3) is 4.98. The number of hydrogen-bond acceptors (Lipinski definition) is 5. The Bertz CT molecular complexity index is 1340. The van der Waals surface area contributed by atoms with Crippen LogP contribution in [0.4, 0.5) is 5.69 Å². The number of benzene rings is 3. The number of amides is 1. The zero-order valence-corrected chi connectivity index (χ0v) is 20.9. The van der Waals surface area contributed by atoms with Gasteiger partial charge in [0.05, 0.1) is 17.2 Å². The van der Waals surface area contributed by atoms with Gasteiger partial charge in [0.1, 0.15) is 5.52 Å². The van der Waals surface area contributed by atoms with Crippen LogP contribution in [0.3, 0.4) is 0 Å². The lowest BCUT2D eigenvalue weighted by molar-refractivity contribution is 0.0977. The van der Waals surface area contributed by atoms with Gasteiger partial charge in [0, 0.05) is 20.4 Å². The quantitative estimate of drug-likeness (QED) is 0.205. The smallest absolute Gasteiger partial charge is 0.257 e. The maximum Gasteiger partial charge on any atom is 0.257 e. The van der Waals surface area contributed by atoms with Crippen molar-refractivity contribution in [3.8, 4) is 17.2 Å². The summed E-state index contributed by atoms with van der Waals surface area (Å²) in [5.74, 6) is 0.369. The average Bonchev–Trinajstić information content (AvgIpc) is 3.17. The van der Waals surface area contributed by atoms with Gasteiger partial charge in [-0.3, -0.25) is 10.1 Å². The van der Waals surface area contributed by atoms with E-state index in [1.165, 1.54) is 19.2 Å². The monoisotopic (exact) mass is 597 g/mol. The third-order valence-corrected chi connectivity index (χ3v) is 5.85. The molecule has 32 heavy (non-hydrogen) atoms. The Morgan fingerprint density at radius 3 is 2.56 bits per heavy atom. The largest absolute Gasteiger partial charge is 0.494 e. The number of halogens is 3. The molecule has 0 fully saturated rings. The molecule has 0 saturated heterocycles. The van der Waals surface area contributed by atoms with E-state index in [-0.39, 0.29) is 20.7 Å². The van der Waals surface area contributed by atoms with Crippen molar-refractivity contribution in [2.24, 2.45) is 0 Å². The SMILES string of the molecule is COc1c(Cl)cc(C(=O)NC(=S)Nc2ccc3oc(-c4cccc(I)c4)nc3c2)cc1Cl. The zero-order chi connectivity index (χ0) is 22.8. The van der Waals surface area contributed by atoms with Crippen LogP contribution in [0.15, 0.2) is 59.0 Å². The molecule has 0 atom stereocenters. The minimum atomic E-state index is -0.461. The van der Waals surface area contributed by atoms with Crippen LogP contribution in [0, 0.1) is 3.57 Å². The normalized spacial score (nSPS) is 10.8. The van der Waals surface area contributed by atoms with Gasteiger partial charge in [-0.15, -0.1) is 0 Å². The molecular formula is C22H14Cl2IN3O3S. The Morgan fingerprint density at radius 1 is 1.12 bits per heavy atom. The predicted octanol–water partition coefficient (Wildman–Crippen LogP) is 6.54. The van der Waals surface area contributed by atoms with E-state index >= 15 is 0 Å². The fourth-order valence-corrected chi connectivity index (χ4v) is 4.37. The van der Waals surface area contributed by atoms with E-state index in [1.54, 1.807) is 18.2 Å². The highest BCUT2D eigenvalue weighted by Gasteiger charge is 2.15. The first-order valence-corrected chi connectivity index (χ1v) is 11.4. The Kier molecular flexibility index (Phi) is 6.85. The van der Waals surface area contributed by atoms with Gasteiger partial charge in [-0.1, -0.05) is 29.3 Å². The summed E-state index contributed by atoms with van der Waals surface area (Å²) in [5, 5.41) is 6.13. The van der Waals surface area contributed by atoms with E-state index in [4.69, 9.17) is 44.6 Å². The first kappa shape index (κ1) is 22.8. The van der Waals surface area contributed by atoms with E-state index in [1.807, 2.05) is 24.3 Å². The van der Waals surface area contributed by atoms with Crippen molar-refractivity contribution < 1.29 is 13.9 Å². The van der Waals surface area contributed by atoms with Crippen LogP contribution >= 0.6 is 58.0 Å². The lowest BCUT2D eigenvalue weighted by Gasteiger charge is -2.11. The van der Waals surface area contributed by atoms with Gasteiger partial charge in [0.15, 0.2) is 16.4 Å². The number of nitrogens with one attached hydrogen (secondary N) is 2. The molecule has 3 aromatic carbocycles. The molecule has 10 heteroatoms. The Balaban J connectivity index is 1.48. The van der Waals surface area contributed by atoms with Crippen LogP contribution in [0.5, 0.6) is 5.75 Å². The second kappa shape index (κ2) is 9.62. The molecule has 0 radical (unpaired) electrons. The van der Waals surface area contributed by atoms with E-state index in [0.29, 0.717) is 28.4 Å². The minimum absolute atomic E-state index is 0.110. The molecule has 0 bridgehead atoms. The highest BCUT2D eigenvalue weighted by molar-refractivity contribution is 14.1. The number of carbonyl (C=O) groups is 1. The van der Waals surface area contributed by atoms with Crippen LogP contribution in [-0.4, -0.2) is 23.1 Å². The molecule has 0 saturated carbocycles. The highest BCUT2D eigenvalue weighted by atomic mass is 127. The average molecular weight is 598 g/mol. The topological polar surface area (TPSA) is 76.4 Å². The van der Waals surface area contributed by atoms with Crippen LogP contribution in [0.25, 0.3) is 22.6 Å². The highest BCUT2D eigenvalue weighted by Crippen LogP contribution is 2.33. The Labute approximate surface area is 212 Å². The van der Waals surface area contributed by atoms with Crippen LogP contribution in [0.2, 0.25) is 10.0 Å². The van der Waals surface area contributed by atoms with E-state index in [0.717, 1.165) is 9.13 Å². The summed E-state index contributed by atoms with van der Waals surface area (Å²) in [6, 6.07) is 16.1. The summed E-state index contributed by atoms with van der Waals surface area (Å²) in [5.41, 5.74) is 3.09. The number of ether oxygens (including phenoxy) is 1. The van der Waals surface area contributed by atoms with Gasteiger partial charge < -0.3 is 14.5 Å². The molecule has 0 unspecified atom stereocenters. The summed E-state index contributed by atoms with van der Waals surface area (Å²) < 4.78 is 12.0. The molecule has 0 aliphatic rings. The lowest BCUT2D eigenvalue weighted by atomic mass is 10.2. The first-order chi connectivity index (χ1) is 15.3. The molecule has 4 aromatic rings. The third-order valence-electron chi connectivity index (χ3n) is 4.41. The Hall–Kier alpha value is -2.40. The summed E-state index contributed by atoms with van der Waals surface area (Å²) in [6.07, 6.45) is 0. The van der Waals surface area contributed by atoms with E-state index in [9.17, 15) is 4.79 Å². The predicted molar refractivity (Wildman–Crippen MR) is 139 cm³/mol. The van der Waals surface area contributed by atoms with Gasteiger partial charge in [-0.05, 0) is 83.3 Å². The van der Waals surface area contributed by atoms with Crippen LogP contribution < -0.4 is 15.4 Å². The minimum Gasteiger partial charge on any atom is -0.494 e. The lowest BCUT2D eigenvalue weighted by Crippen LogP contribution is -2.34. The van der Waals surface area contributed by atoms with Crippen molar-refractivity contribution in [3.05, 3.63) is 73.8 Å². The fraction of sp³-hybridized carbons (Fsp3) is 0.0455. The second-order valence-corrected chi connectivity index (χ2v) is 9.06. The molecule has 0 spiro atoms. The van der Waals surface area contributed by atoms with E-state index in [2.05, 4.69) is 38.2 Å². The summed E-state index contributed by atoms with van der Waals surface area (Å²) in [6.45, 7) is 0. The number of hydrogen-bond donors (Lipinski definition) is 2. The van der Waals surface area contributed by atoms with Crippen molar-refractivity contribution in [2.75, 3.05) is 12.4 Å². The van der Waals surface area contributed by atoms with Crippen molar-refractivity contribution >= 4 is 85.8 Å². The number of rotatable bonds is 4. The molecular weight excluding hydrogens is 584 g/mol. The van der Waals surface area contributed by atoms with Gasteiger partial charge >= 0.3 is 0 Å². The van der Waals surface area contributed by atoms with Gasteiger partial charge in [-0.2, -0.15) is 0 Å². The molecule has 162 valence electrons. The first-order valence-electron chi connectivity index (χ1n) is 9.16. The van der Waals surface area contributed by atoms with Crippen LogP contribution in [0.1, 0.15) is 10.4 Å². The maximum atomic E-state index is 12.5. The van der Waals surface area contributed by atoms with Crippen LogP contribution in [-0.2, 0) is 0 Å². The van der Waals surface area contributed by atoms with Gasteiger partial charge in [0.25, 0.3) is 5.91 Å². The standard InChI is InChI=1S/C22H14Cl2IN3O3S/c1-30-19-15(23)8-12(9-16(19)24)20(29)28-22(32)26-14-5-6-18-17(10-14)27-21(31-18)11-3-2-4-13(25)7-11/h2-10H,1H3,(H2,26,28,29,32). The van der Waals surface area contributed by atoms with E-state index < -0.39 is 5.91 Å². The number of anilines is 1. The molecule has 6 nitrogen and oxygen atoms in total. The van der Waals surface area contributed by atoms with Crippen molar-refractivity contribution in [3.63, 3.8) is 0 Å². The summed E-state index contributed by atoms with van der Waals surface area (Å²) >= 11 is 19.7. The van der Waals surface area contributed by atoms with Crippen molar-refractivity contribution in [1.82, 2.24) is 10.3 Å². The number of fused-ring (bicyclic) bond motifs is 1. The number of oxazole rings is 1. The summed E-state index contributed by atoms with van der Waals surface area (Å²) in [4.78, 5) is 17.1. The zero-order valence-electron chi connectivity index (χ0n) is 16.4. The van der Waals surface area contributed by atoms with Gasteiger partial charge in [-0.25, -0.2) is 4.98 Å². The number of methoxy groups -OCH3 is 1. The number of thiocarbonyl (C=S) groups is 1. The Morgan fingerprint density at radius 2 is 1.88 bits per heavy atom. The molecule has 0 aliphatic carbocycles. The number of aromatic nitrogens is 1. The molecule has 1 heterocycles. The molecule has 4 rings (SSSR count). The number of carbonyl (C=O) groups excluding carboxylic acids is 1. The molecule has 0 aliphatic heterocycles. The molecule has 1 amide bonds. The fourth-order valence-electron chi connectivity index (χ4n) is 2.97. The van der Waals surface area contributed by atoms with Gasteiger partial charge in [0.2, 0.25) is 5.89 Å². The summed E-state index contributed by atoms with van der Waals surface area (Å²) in [7, 11) is 1.45. The second-order valence-electron chi connectivity index (χ2n) is 6.59. The maximum absolute atomic E-state index is 12.5. The van der Waals surface area contributed by atoms with Crippen molar-refractivity contribution in [1.29, 1.82) is 0 Å². The molecule has 2 N–H and O–H groups in total. The number of nitrogens with zero attached hydrogens (tertiary/aromatic N) is 1. The van der Waals surface area contributed by atoms with Crippen molar-refractivity contribution in [2.45, 2.75) is 0 Å². The molecule has 1 aromatic heterocycles.